The molecule has 1 amide bonds. The van der Waals surface area contributed by atoms with E-state index in [4.69, 9.17) is 30.4 Å². The van der Waals surface area contributed by atoms with Crippen LogP contribution in [0.15, 0.2) is 12.2 Å². The van der Waals surface area contributed by atoms with E-state index in [0.29, 0.717) is 25.4 Å². The molecule has 14 nitrogen and oxygen atoms in total. The van der Waals surface area contributed by atoms with Crippen LogP contribution in [0.1, 0.15) is 181 Å². The van der Waals surface area contributed by atoms with Gasteiger partial charge in [0.25, 0.3) is 5.91 Å². The molecule has 6 aliphatic rings. The Morgan fingerprint density at radius 3 is 2.31 bits per heavy atom. The lowest BCUT2D eigenvalue weighted by molar-refractivity contribution is -0.325. The molecule has 6 heterocycles. The Balaban J connectivity index is 0.874. The lowest BCUT2D eigenvalue weighted by atomic mass is 9.79. The summed E-state index contributed by atoms with van der Waals surface area (Å²) in [5, 5.41) is 29.4. The number of hydrogen-bond donors (Lipinski definition) is 6. The van der Waals surface area contributed by atoms with E-state index >= 15 is 0 Å². The maximum atomic E-state index is 14.4. The predicted molar refractivity (Wildman–Crippen MR) is 235 cm³/mol. The van der Waals surface area contributed by atoms with Crippen molar-refractivity contribution in [1.82, 2.24) is 20.4 Å². The fourth-order valence-corrected chi connectivity index (χ4v) is 11.5. The minimum atomic E-state index is -1.85. The van der Waals surface area contributed by atoms with Crippen molar-refractivity contribution in [2.45, 2.75) is 248 Å². The summed E-state index contributed by atoms with van der Waals surface area (Å²) in [7, 11) is 0. The number of carbonyl (C=O) groups is 2. The van der Waals surface area contributed by atoms with E-state index < -0.39 is 23.8 Å². The lowest BCUT2D eigenvalue weighted by Gasteiger charge is -2.60. The van der Waals surface area contributed by atoms with Crippen molar-refractivity contribution in [1.29, 1.82) is 0 Å². The molecule has 14 heteroatoms. The maximum absolute atomic E-state index is 14.4. The second-order valence-electron chi connectivity index (χ2n) is 19.3. The van der Waals surface area contributed by atoms with E-state index in [1.807, 2.05) is 0 Å². The molecule has 0 saturated carbocycles. The van der Waals surface area contributed by atoms with Crippen molar-refractivity contribution in [2.24, 2.45) is 17.4 Å². The highest BCUT2D eigenvalue weighted by Gasteiger charge is 2.64. The first-order chi connectivity index (χ1) is 29.5. The van der Waals surface area contributed by atoms with Gasteiger partial charge in [-0.05, 0) is 103 Å². The Kier molecular flexibility index (Phi) is 18.3. The quantitative estimate of drug-likeness (QED) is 0.0390. The molecular weight excluding hydrogens is 777 g/mol. The first kappa shape index (κ1) is 48.7. The van der Waals surface area contributed by atoms with Gasteiger partial charge in [0, 0.05) is 31.5 Å². The second-order valence-corrected chi connectivity index (χ2v) is 19.3. The monoisotopic (exact) mass is 861 g/mol. The molecule has 0 aromatic heterocycles. The standard InChI is InChI=1S/C47H84N6O8/c1-4-6-21-37-26-28-45(60-37)33-35-24-25-38-40(46(27-18-20-34(3)59-46)51-44(50-45)53(35)38)42(55)58-36(5-2)22-16-14-12-10-8-7-9-11-13-15-17-23-39-41(54)52(32-19-30-48)43(56)47(57,61-39)29-31-49/h6,21,34-40,43-44,50-51,56-57H,4-5,7-20,22-33,48-49H2,1-3H3/b21-6+/t34-,35+,36?,37+,38-,39-,40-,43-,44?,45+,46-,47+/m0/s1. The van der Waals surface area contributed by atoms with Gasteiger partial charge < -0.3 is 45.5 Å². The highest BCUT2D eigenvalue weighted by Crippen LogP contribution is 2.50. The first-order valence-corrected chi connectivity index (χ1v) is 24.9. The Hall–Kier alpha value is -1.72. The average molecular weight is 861 g/mol. The Morgan fingerprint density at radius 2 is 1.64 bits per heavy atom. The molecule has 8 N–H and O–H groups in total. The van der Waals surface area contributed by atoms with Gasteiger partial charge in [0.15, 0.2) is 6.23 Å². The molecule has 2 spiro atoms. The first-order valence-electron chi connectivity index (χ1n) is 24.9. The molecule has 6 rings (SSSR count). The molecule has 6 fully saturated rings. The largest absolute Gasteiger partial charge is 0.462 e. The number of hydrogen-bond acceptors (Lipinski definition) is 13. The van der Waals surface area contributed by atoms with Crippen molar-refractivity contribution in [2.75, 3.05) is 19.6 Å². The number of allylic oxidation sites excluding steroid dienone is 1. The van der Waals surface area contributed by atoms with Crippen LogP contribution in [-0.2, 0) is 28.5 Å². The number of aliphatic hydroxyl groups excluding tert-OH is 1. The van der Waals surface area contributed by atoms with E-state index in [1.54, 1.807) is 0 Å². The summed E-state index contributed by atoms with van der Waals surface area (Å²) in [5.74, 6) is -2.59. The number of nitrogens with one attached hydrogen (secondary N) is 2. The van der Waals surface area contributed by atoms with E-state index in [9.17, 15) is 19.8 Å². The average Bonchev–Trinajstić information content (AvgIpc) is 3.83. The molecule has 0 aromatic carbocycles. The van der Waals surface area contributed by atoms with Gasteiger partial charge in [-0.15, -0.1) is 0 Å². The number of carbonyl (C=O) groups excluding carboxylic acids is 2. The van der Waals surface area contributed by atoms with Crippen LogP contribution in [0.4, 0.5) is 0 Å². The van der Waals surface area contributed by atoms with Crippen molar-refractivity contribution in [3.63, 3.8) is 0 Å². The van der Waals surface area contributed by atoms with Gasteiger partial charge >= 0.3 is 5.97 Å². The minimum Gasteiger partial charge on any atom is -0.462 e. The zero-order chi connectivity index (χ0) is 43.5. The van der Waals surface area contributed by atoms with Crippen LogP contribution in [0.25, 0.3) is 0 Å². The van der Waals surface area contributed by atoms with E-state index in [0.717, 1.165) is 109 Å². The number of esters is 1. The van der Waals surface area contributed by atoms with E-state index in [1.165, 1.54) is 37.0 Å². The SMILES string of the molecule is CC/C=C/[C@@H]1CC[C@]2(C[C@H]3CC[C@H]4[C@@H](C(=O)OC(CC)CCCCCCCCCCCCC[C@@H]5O[C@](O)(CCN)[C@H](O)N(CCCN)C5=O)[C@@]5(CCC[C@H](C)O5)NC(N2)N34)O1. The van der Waals surface area contributed by atoms with Crippen LogP contribution in [-0.4, -0.2) is 118 Å². The van der Waals surface area contributed by atoms with E-state index in [-0.39, 0.29) is 73.7 Å². The van der Waals surface area contributed by atoms with Gasteiger partial charge in [-0.25, -0.2) is 0 Å². The molecule has 61 heavy (non-hydrogen) atoms. The van der Waals surface area contributed by atoms with Gasteiger partial charge in [-0.2, -0.15) is 0 Å². The molecule has 0 bridgehead atoms. The molecule has 6 aliphatic heterocycles. The van der Waals surface area contributed by atoms with Gasteiger partial charge in [-0.1, -0.05) is 90.2 Å². The second kappa shape index (κ2) is 22.9. The summed E-state index contributed by atoms with van der Waals surface area (Å²) in [6.45, 7) is 7.26. The van der Waals surface area contributed by atoms with E-state index in [2.05, 4.69) is 48.5 Å². The summed E-state index contributed by atoms with van der Waals surface area (Å²) >= 11 is 0. The Labute approximate surface area is 366 Å². The fourth-order valence-electron chi connectivity index (χ4n) is 11.5. The summed E-state index contributed by atoms with van der Waals surface area (Å²) in [6.07, 6.45) is 26.3. The number of rotatable bonds is 24. The number of ether oxygens (including phenoxy) is 4. The summed E-state index contributed by atoms with van der Waals surface area (Å²) < 4.78 is 25.8. The predicted octanol–water partition coefficient (Wildman–Crippen LogP) is 5.77. The highest BCUT2D eigenvalue weighted by molar-refractivity contribution is 5.82. The maximum Gasteiger partial charge on any atom is 0.315 e. The van der Waals surface area contributed by atoms with Crippen molar-refractivity contribution in [3.8, 4) is 0 Å². The van der Waals surface area contributed by atoms with Crippen LogP contribution in [0, 0.1) is 5.92 Å². The minimum absolute atomic E-state index is 0.0506. The Bertz CT molecular complexity index is 1410. The van der Waals surface area contributed by atoms with Crippen molar-refractivity contribution >= 4 is 11.9 Å². The Morgan fingerprint density at radius 1 is 0.918 bits per heavy atom. The third-order valence-electron chi connectivity index (χ3n) is 14.7. The fraction of sp³-hybridized carbons (Fsp3) is 0.915. The van der Waals surface area contributed by atoms with Gasteiger partial charge in [-0.3, -0.25) is 25.1 Å². The molecule has 0 radical (unpaired) electrons. The van der Waals surface area contributed by atoms with Gasteiger partial charge in [0.05, 0.1) is 12.2 Å². The summed E-state index contributed by atoms with van der Waals surface area (Å²) in [6, 6.07) is 0.435. The van der Waals surface area contributed by atoms with Crippen molar-refractivity contribution < 1.29 is 38.7 Å². The van der Waals surface area contributed by atoms with Gasteiger partial charge in [0.2, 0.25) is 5.79 Å². The van der Waals surface area contributed by atoms with Crippen molar-refractivity contribution in [3.05, 3.63) is 12.2 Å². The smallest absolute Gasteiger partial charge is 0.315 e. The van der Waals surface area contributed by atoms with Crippen LogP contribution in [0.2, 0.25) is 0 Å². The zero-order valence-corrected chi connectivity index (χ0v) is 38.0. The molecule has 6 saturated heterocycles. The third-order valence-corrected chi connectivity index (χ3v) is 14.7. The zero-order valence-electron chi connectivity index (χ0n) is 38.0. The summed E-state index contributed by atoms with van der Waals surface area (Å²) in [4.78, 5) is 31.3. The number of amides is 1. The number of aliphatic hydroxyl groups is 2. The number of nitrogens with zero attached hydrogens (tertiary/aromatic N) is 2. The lowest BCUT2D eigenvalue weighted by Crippen LogP contribution is -2.81. The summed E-state index contributed by atoms with van der Waals surface area (Å²) in [5.41, 5.74) is 10.2. The molecule has 350 valence electrons. The van der Waals surface area contributed by atoms with Crippen LogP contribution >= 0.6 is 0 Å². The topological polar surface area (TPSA) is 194 Å². The van der Waals surface area contributed by atoms with Gasteiger partial charge in [0.1, 0.15) is 35.9 Å². The van der Waals surface area contributed by atoms with Crippen LogP contribution in [0.5, 0.6) is 0 Å². The molecule has 0 aromatic rings. The van der Waals surface area contributed by atoms with Crippen LogP contribution < -0.4 is 22.1 Å². The van der Waals surface area contributed by atoms with Crippen LogP contribution in [0.3, 0.4) is 0 Å². The highest BCUT2D eigenvalue weighted by atomic mass is 16.7. The molecule has 2 unspecified atom stereocenters. The third kappa shape index (κ3) is 12.0. The number of nitrogens with two attached hydrogens (primary N) is 2. The molecule has 0 aliphatic carbocycles. The molecular formula is C47H84N6O8. The number of morpholine rings is 1. The molecule has 12 atom stereocenters. The number of unbranched alkanes of at least 4 members (excludes halogenated alkanes) is 10. The normalized spacial score (nSPS) is 37.0.